The highest BCUT2D eigenvalue weighted by Gasteiger charge is 2.18. The van der Waals surface area contributed by atoms with E-state index in [1.807, 2.05) is 30.3 Å². The van der Waals surface area contributed by atoms with E-state index < -0.39 is 0 Å². The summed E-state index contributed by atoms with van der Waals surface area (Å²) >= 11 is 0. The van der Waals surface area contributed by atoms with Crippen LogP contribution in [0, 0.1) is 0 Å². The second kappa shape index (κ2) is 3.24. The molecule has 1 aromatic heterocycles. The van der Waals surface area contributed by atoms with Crippen LogP contribution in [0.4, 0.5) is 0 Å². The van der Waals surface area contributed by atoms with Crippen molar-refractivity contribution in [2.24, 2.45) is 0 Å². The maximum Gasteiger partial charge on any atom is 0.231 e. The Bertz CT molecular complexity index is 485. The molecule has 0 saturated carbocycles. The largest absolute Gasteiger partial charge is 0.454 e. The van der Waals surface area contributed by atoms with E-state index >= 15 is 0 Å². The molecular weight excluding hydrogens is 192 g/mol. The number of aromatic nitrogens is 2. The van der Waals surface area contributed by atoms with Crippen LogP contribution in [0.5, 0.6) is 11.5 Å². The molecule has 0 spiro atoms. The molecule has 0 unspecified atom stereocenters. The Kier molecular flexibility index (Phi) is 1.78. The number of rotatable bonds is 1. The van der Waals surface area contributed by atoms with Crippen LogP contribution in [0.25, 0.3) is 11.3 Å². The van der Waals surface area contributed by atoms with Crippen LogP contribution in [0.15, 0.2) is 36.5 Å². The van der Waals surface area contributed by atoms with Gasteiger partial charge < -0.3 is 9.47 Å². The van der Waals surface area contributed by atoms with Gasteiger partial charge in [0.1, 0.15) is 0 Å². The van der Waals surface area contributed by atoms with Gasteiger partial charge in [-0.05, 0) is 24.3 Å². The third kappa shape index (κ3) is 1.30. The molecule has 4 heteroatoms. The van der Waals surface area contributed by atoms with E-state index in [0.717, 1.165) is 22.8 Å². The molecule has 0 amide bonds. The average Bonchev–Trinajstić information content (AvgIpc) is 2.78. The number of ether oxygens (including phenoxy) is 2. The van der Waals surface area contributed by atoms with Gasteiger partial charge in [-0.3, -0.25) is 0 Å². The molecule has 74 valence electrons. The maximum atomic E-state index is 5.39. The summed E-state index contributed by atoms with van der Waals surface area (Å²) in [6, 6.07) is 9.47. The molecule has 0 bridgehead atoms. The summed E-state index contributed by atoms with van der Waals surface area (Å²) in [4.78, 5) is 0. The number of benzene rings is 1. The highest BCUT2D eigenvalue weighted by Crippen LogP contribution is 2.39. The summed E-state index contributed by atoms with van der Waals surface area (Å²) < 4.78 is 10.7. The van der Waals surface area contributed by atoms with Gasteiger partial charge in [0, 0.05) is 11.8 Å². The first-order chi connectivity index (χ1) is 7.45. The number of fused-ring (bicyclic) bond motifs is 1. The molecule has 0 radical (unpaired) electrons. The fourth-order valence-corrected chi connectivity index (χ4v) is 1.58. The Labute approximate surface area is 86.5 Å². The number of para-hydroxylation sites is 1. The van der Waals surface area contributed by atoms with Crippen molar-refractivity contribution in [3.05, 3.63) is 36.5 Å². The first kappa shape index (κ1) is 8.23. The molecule has 3 rings (SSSR count). The van der Waals surface area contributed by atoms with E-state index in [9.17, 15) is 0 Å². The minimum absolute atomic E-state index is 0.270. The lowest BCUT2D eigenvalue weighted by Gasteiger charge is -2.03. The second-order valence-electron chi connectivity index (χ2n) is 3.15. The van der Waals surface area contributed by atoms with E-state index in [-0.39, 0.29) is 6.79 Å². The summed E-state index contributed by atoms with van der Waals surface area (Å²) in [6.45, 7) is 0.270. The van der Waals surface area contributed by atoms with Gasteiger partial charge in [-0.2, -0.15) is 10.2 Å². The number of hydrogen-bond donors (Lipinski definition) is 0. The summed E-state index contributed by atoms with van der Waals surface area (Å²) in [7, 11) is 0. The van der Waals surface area contributed by atoms with Crippen LogP contribution in [0.1, 0.15) is 0 Å². The van der Waals surface area contributed by atoms with Gasteiger partial charge in [-0.25, -0.2) is 0 Å². The maximum absolute atomic E-state index is 5.39. The van der Waals surface area contributed by atoms with E-state index in [1.165, 1.54) is 0 Å². The van der Waals surface area contributed by atoms with Gasteiger partial charge in [0.05, 0.1) is 5.69 Å². The monoisotopic (exact) mass is 200 g/mol. The minimum atomic E-state index is 0.270. The van der Waals surface area contributed by atoms with Crippen molar-refractivity contribution in [3.8, 4) is 22.8 Å². The van der Waals surface area contributed by atoms with Crippen LogP contribution in [0.3, 0.4) is 0 Å². The first-order valence-electron chi connectivity index (χ1n) is 4.62. The van der Waals surface area contributed by atoms with Crippen molar-refractivity contribution in [1.82, 2.24) is 10.2 Å². The third-order valence-corrected chi connectivity index (χ3v) is 2.24. The smallest absolute Gasteiger partial charge is 0.231 e. The van der Waals surface area contributed by atoms with Crippen LogP contribution in [-0.2, 0) is 0 Å². The predicted octanol–water partition coefficient (Wildman–Crippen LogP) is 1.87. The van der Waals surface area contributed by atoms with E-state index in [0.29, 0.717) is 0 Å². The van der Waals surface area contributed by atoms with Crippen LogP contribution in [0.2, 0.25) is 0 Å². The van der Waals surface area contributed by atoms with Gasteiger partial charge in [-0.1, -0.05) is 6.07 Å². The lowest BCUT2D eigenvalue weighted by molar-refractivity contribution is 0.174. The van der Waals surface area contributed by atoms with Gasteiger partial charge in [0.2, 0.25) is 6.79 Å². The Morgan fingerprint density at radius 1 is 1.07 bits per heavy atom. The van der Waals surface area contributed by atoms with Crippen molar-refractivity contribution in [1.29, 1.82) is 0 Å². The lowest BCUT2D eigenvalue weighted by atomic mass is 10.1. The molecule has 1 aromatic carbocycles. The molecule has 4 nitrogen and oxygen atoms in total. The molecule has 0 N–H and O–H groups in total. The van der Waals surface area contributed by atoms with E-state index in [4.69, 9.17) is 9.47 Å². The van der Waals surface area contributed by atoms with E-state index in [1.54, 1.807) is 6.20 Å². The highest BCUT2D eigenvalue weighted by atomic mass is 16.7. The molecule has 15 heavy (non-hydrogen) atoms. The summed E-state index contributed by atoms with van der Waals surface area (Å²) in [5.74, 6) is 1.51. The Hall–Kier alpha value is -2.10. The predicted molar refractivity (Wildman–Crippen MR) is 53.6 cm³/mol. The molecule has 2 heterocycles. The van der Waals surface area contributed by atoms with Crippen molar-refractivity contribution in [3.63, 3.8) is 0 Å². The summed E-state index contributed by atoms with van der Waals surface area (Å²) in [6.07, 6.45) is 1.64. The van der Waals surface area contributed by atoms with Crippen LogP contribution < -0.4 is 9.47 Å². The minimum Gasteiger partial charge on any atom is -0.454 e. The van der Waals surface area contributed by atoms with Crippen molar-refractivity contribution in [2.45, 2.75) is 0 Å². The van der Waals surface area contributed by atoms with Crippen LogP contribution in [-0.4, -0.2) is 17.0 Å². The first-order valence-corrected chi connectivity index (χ1v) is 4.62. The SMILES string of the molecule is c1cnnc(-c2cccc3c2OCO3)c1. The summed E-state index contributed by atoms with van der Waals surface area (Å²) in [5, 5.41) is 7.88. The Morgan fingerprint density at radius 2 is 2.07 bits per heavy atom. The highest BCUT2D eigenvalue weighted by molar-refractivity contribution is 5.71. The lowest BCUT2D eigenvalue weighted by Crippen LogP contribution is -1.94. The fraction of sp³-hybridized carbons (Fsp3) is 0.0909. The topological polar surface area (TPSA) is 44.2 Å². The normalized spacial score (nSPS) is 12.8. The molecule has 1 aliphatic heterocycles. The third-order valence-electron chi connectivity index (χ3n) is 2.24. The zero-order chi connectivity index (χ0) is 10.1. The molecule has 0 atom stereocenters. The second-order valence-corrected chi connectivity index (χ2v) is 3.15. The Balaban J connectivity index is 2.17. The quantitative estimate of drug-likeness (QED) is 0.704. The molecule has 0 fully saturated rings. The summed E-state index contributed by atoms with van der Waals surface area (Å²) in [5.41, 5.74) is 1.71. The van der Waals surface area contributed by atoms with Crippen molar-refractivity contribution < 1.29 is 9.47 Å². The number of nitrogens with zero attached hydrogens (tertiary/aromatic N) is 2. The van der Waals surface area contributed by atoms with Gasteiger partial charge >= 0.3 is 0 Å². The Morgan fingerprint density at radius 3 is 2.93 bits per heavy atom. The van der Waals surface area contributed by atoms with Gasteiger partial charge in [-0.15, -0.1) is 0 Å². The van der Waals surface area contributed by atoms with Crippen molar-refractivity contribution >= 4 is 0 Å². The zero-order valence-corrected chi connectivity index (χ0v) is 7.88. The molecule has 0 saturated heterocycles. The standard InChI is InChI=1S/C11H8N2O2/c1-3-8(9-4-2-6-12-13-9)11-10(5-1)14-7-15-11/h1-6H,7H2. The van der Waals surface area contributed by atoms with Crippen LogP contribution >= 0.6 is 0 Å². The van der Waals surface area contributed by atoms with Crippen molar-refractivity contribution in [2.75, 3.05) is 6.79 Å². The molecule has 2 aromatic rings. The number of hydrogen-bond acceptors (Lipinski definition) is 4. The molecule has 0 aliphatic carbocycles. The van der Waals surface area contributed by atoms with E-state index in [2.05, 4.69) is 10.2 Å². The average molecular weight is 200 g/mol. The molecular formula is C11H8N2O2. The van der Waals surface area contributed by atoms with Gasteiger partial charge in [0.15, 0.2) is 11.5 Å². The molecule has 1 aliphatic rings. The zero-order valence-electron chi connectivity index (χ0n) is 7.88. The fourth-order valence-electron chi connectivity index (χ4n) is 1.58. The van der Waals surface area contributed by atoms with Gasteiger partial charge in [0.25, 0.3) is 0 Å².